The Labute approximate surface area is 166 Å². The molecule has 4 aromatic rings. The third-order valence-corrected chi connectivity index (χ3v) is 4.63. The van der Waals surface area contributed by atoms with Crippen LogP contribution in [0, 0.1) is 0 Å². The predicted molar refractivity (Wildman–Crippen MR) is 110 cm³/mol. The molecular formula is C22H16ClN3O2. The van der Waals surface area contributed by atoms with Crippen LogP contribution in [-0.4, -0.2) is 28.2 Å². The van der Waals surface area contributed by atoms with Crippen LogP contribution in [0.4, 0.5) is 5.82 Å². The fourth-order valence-electron chi connectivity index (χ4n) is 2.99. The van der Waals surface area contributed by atoms with Gasteiger partial charge in [0.1, 0.15) is 5.56 Å². The summed E-state index contributed by atoms with van der Waals surface area (Å²) in [6.07, 6.45) is 3.35. The zero-order chi connectivity index (χ0) is 19.5. The average molecular weight is 390 g/mol. The molecular weight excluding hydrogens is 374 g/mol. The number of benzene rings is 2. The fraction of sp³-hybridized carbons (Fsp3) is 0.0455. The second-order valence-corrected chi connectivity index (χ2v) is 6.44. The van der Waals surface area contributed by atoms with Crippen molar-refractivity contribution in [3.05, 3.63) is 101 Å². The van der Waals surface area contributed by atoms with E-state index in [4.69, 9.17) is 21.3 Å². The lowest BCUT2D eigenvalue weighted by Crippen LogP contribution is -2.06. The summed E-state index contributed by atoms with van der Waals surface area (Å²) in [6.45, 7) is 0. The van der Waals surface area contributed by atoms with Gasteiger partial charge in [0.25, 0.3) is 0 Å². The molecule has 0 spiro atoms. The van der Waals surface area contributed by atoms with E-state index in [0.29, 0.717) is 11.5 Å². The molecule has 0 aliphatic carbocycles. The molecule has 0 N–H and O–H groups in total. The number of aliphatic imine (C=N–C) groups is 1. The van der Waals surface area contributed by atoms with Gasteiger partial charge >= 0.3 is 5.97 Å². The number of hydrogen-bond acceptors (Lipinski definition) is 4. The zero-order valence-corrected chi connectivity index (χ0v) is 15.8. The summed E-state index contributed by atoms with van der Waals surface area (Å²) < 4.78 is 6.57. The predicted octanol–water partition coefficient (Wildman–Crippen LogP) is 4.94. The standard InChI is InChI=1S/C22H16ClN3O2/c1-28-22(27)19-17(23)12-13-26-18(14-24-21(19)26)25-20(15-8-4-2-5-9-15)16-10-6-3-7-11-16/h2-14H,1H3. The van der Waals surface area contributed by atoms with E-state index in [1.165, 1.54) is 7.11 Å². The number of rotatable bonds is 4. The molecule has 4 rings (SSSR count). The first kappa shape index (κ1) is 17.9. The van der Waals surface area contributed by atoms with Gasteiger partial charge < -0.3 is 4.74 Å². The Morgan fingerprint density at radius 2 is 1.61 bits per heavy atom. The van der Waals surface area contributed by atoms with Gasteiger partial charge in [-0.2, -0.15) is 0 Å². The highest BCUT2D eigenvalue weighted by molar-refractivity contribution is 6.34. The first-order chi connectivity index (χ1) is 13.7. The van der Waals surface area contributed by atoms with Crippen LogP contribution in [0.25, 0.3) is 5.65 Å². The molecule has 2 aromatic carbocycles. The third-order valence-electron chi connectivity index (χ3n) is 4.32. The molecule has 0 aliphatic rings. The van der Waals surface area contributed by atoms with Crippen molar-refractivity contribution in [2.24, 2.45) is 4.99 Å². The topological polar surface area (TPSA) is 56.0 Å². The average Bonchev–Trinajstić information content (AvgIpc) is 3.15. The molecule has 0 saturated carbocycles. The summed E-state index contributed by atoms with van der Waals surface area (Å²) in [5.74, 6) is 0.0441. The summed E-state index contributed by atoms with van der Waals surface area (Å²) in [5, 5.41) is 0.284. The van der Waals surface area contributed by atoms with Crippen LogP contribution >= 0.6 is 11.6 Å². The monoisotopic (exact) mass is 389 g/mol. The van der Waals surface area contributed by atoms with E-state index < -0.39 is 5.97 Å². The maximum atomic E-state index is 12.1. The lowest BCUT2D eigenvalue weighted by molar-refractivity contribution is 0.0602. The van der Waals surface area contributed by atoms with Crippen molar-refractivity contribution in [3.8, 4) is 0 Å². The molecule has 0 saturated heterocycles. The molecule has 0 radical (unpaired) electrons. The number of fused-ring (bicyclic) bond motifs is 1. The Morgan fingerprint density at radius 1 is 1.00 bits per heavy atom. The number of ether oxygens (including phenoxy) is 1. The van der Waals surface area contributed by atoms with Crippen molar-refractivity contribution >= 4 is 34.7 Å². The SMILES string of the molecule is COC(=O)c1c(Cl)ccn2c(N=C(c3ccccc3)c3ccccc3)cnc12. The summed E-state index contributed by atoms with van der Waals surface area (Å²) in [5.41, 5.74) is 3.38. The number of carbonyl (C=O) groups excluding carboxylic acids is 1. The normalized spacial score (nSPS) is 10.6. The van der Waals surface area contributed by atoms with Crippen LogP contribution in [0.15, 0.2) is 84.1 Å². The number of methoxy groups -OCH3 is 1. The van der Waals surface area contributed by atoms with E-state index in [0.717, 1.165) is 16.8 Å². The van der Waals surface area contributed by atoms with Crippen LogP contribution in [0.1, 0.15) is 21.5 Å². The van der Waals surface area contributed by atoms with Crippen LogP contribution in [0.3, 0.4) is 0 Å². The van der Waals surface area contributed by atoms with Gasteiger partial charge in [0, 0.05) is 17.3 Å². The number of pyridine rings is 1. The summed E-state index contributed by atoms with van der Waals surface area (Å²) in [6, 6.07) is 21.5. The van der Waals surface area contributed by atoms with Gasteiger partial charge in [0.15, 0.2) is 11.5 Å². The Bertz CT molecular complexity index is 1130. The number of esters is 1. The third kappa shape index (κ3) is 3.28. The van der Waals surface area contributed by atoms with Gasteiger partial charge in [-0.1, -0.05) is 72.3 Å². The highest BCUT2D eigenvalue weighted by Crippen LogP contribution is 2.26. The maximum Gasteiger partial charge on any atom is 0.343 e. The number of carbonyl (C=O) groups is 1. The van der Waals surface area contributed by atoms with Crippen molar-refractivity contribution in [2.75, 3.05) is 7.11 Å². The molecule has 0 unspecified atom stereocenters. The zero-order valence-electron chi connectivity index (χ0n) is 15.0. The van der Waals surface area contributed by atoms with Gasteiger partial charge in [0.05, 0.1) is 24.0 Å². The molecule has 2 aromatic heterocycles. The Kier molecular flexibility index (Phi) is 4.91. The molecule has 138 valence electrons. The van der Waals surface area contributed by atoms with Crippen molar-refractivity contribution < 1.29 is 9.53 Å². The summed E-state index contributed by atoms with van der Waals surface area (Å²) in [4.78, 5) is 21.4. The van der Waals surface area contributed by atoms with Gasteiger partial charge in [-0.25, -0.2) is 14.8 Å². The highest BCUT2D eigenvalue weighted by atomic mass is 35.5. The highest BCUT2D eigenvalue weighted by Gasteiger charge is 2.19. The molecule has 0 amide bonds. The molecule has 0 atom stereocenters. The molecule has 0 aliphatic heterocycles. The van der Waals surface area contributed by atoms with Crippen LogP contribution in [0.2, 0.25) is 5.02 Å². The van der Waals surface area contributed by atoms with E-state index >= 15 is 0 Å². The number of hydrogen-bond donors (Lipinski definition) is 0. The Morgan fingerprint density at radius 3 is 2.18 bits per heavy atom. The van der Waals surface area contributed by atoms with E-state index in [9.17, 15) is 4.79 Å². The quantitative estimate of drug-likeness (QED) is 0.367. The fourth-order valence-corrected chi connectivity index (χ4v) is 3.21. The van der Waals surface area contributed by atoms with Crippen LogP contribution in [0.5, 0.6) is 0 Å². The van der Waals surface area contributed by atoms with Gasteiger partial charge in [-0.05, 0) is 6.07 Å². The minimum Gasteiger partial charge on any atom is -0.465 e. The number of nitrogens with zero attached hydrogens (tertiary/aromatic N) is 3. The molecule has 6 heteroatoms. The smallest absolute Gasteiger partial charge is 0.343 e. The molecule has 2 heterocycles. The Balaban J connectivity index is 1.93. The van der Waals surface area contributed by atoms with Gasteiger partial charge in [-0.3, -0.25) is 4.40 Å². The maximum absolute atomic E-state index is 12.1. The second-order valence-electron chi connectivity index (χ2n) is 6.03. The minimum atomic E-state index is -0.539. The van der Waals surface area contributed by atoms with Crippen molar-refractivity contribution in [1.29, 1.82) is 0 Å². The van der Waals surface area contributed by atoms with E-state index in [-0.39, 0.29) is 10.6 Å². The van der Waals surface area contributed by atoms with Gasteiger partial charge in [0.2, 0.25) is 0 Å². The molecule has 0 fully saturated rings. The minimum absolute atomic E-state index is 0.217. The molecule has 0 bridgehead atoms. The second kappa shape index (κ2) is 7.66. The lowest BCUT2D eigenvalue weighted by atomic mass is 10.0. The van der Waals surface area contributed by atoms with Crippen LogP contribution in [-0.2, 0) is 4.74 Å². The number of imidazole rings is 1. The summed E-state index contributed by atoms with van der Waals surface area (Å²) in [7, 11) is 1.31. The van der Waals surface area contributed by atoms with Crippen molar-refractivity contribution in [3.63, 3.8) is 0 Å². The Hall–Kier alpha value is -3.44. The van der Waals surface area contributed by atoms with E-state index in [1.54, 1.807) is 22.9 Å². The number of halogens is 1. The largest absolute Gasteiger partial charge is 0.465 e. The van der Waals surface area contributed by atoms with E-state index in [1.807, 2.05) is 60.7 Å². The van der Waals surface area contributed by atoms with Crippen molar-refractivity contribution in [1.82, 2.24) is 9.38 Å². The first-order valence-corrected chi connectivity index (χ1v) is 9.00. The van der Waals surface area contributed by atoms with Gasteiger partial charge in [-0.15, -0.1) is 0 Å². The molecule has 5 nitrogen and oxygen atoms in total. The van der Waals surface area contributed by atoms with E-state index in [2.05, 4.69) is 4.98 Å². The molecule has 28 heavy (non-hydrogen) atoms. The first-order valence-electron chi connectivity index (χ1n) is 8.62. The summed E-state index contributed by atoms with van der Waals surface area (Å²) >= 11 is 6.19. The van der Waals surface area contributed by atoms with Crippen LogP contribution < -0.4 is 0 Å². The lowest BCUT2D eigenvalue weighted by Gasteiger charge is -2.08. The van der Waals surface area contributed by atoms with Crippen molar-refractivity contribution in [2.45, 2.75) is 0 Å². The number of aromatic nitrogens is 2.